The van der Waals surface area contributed by atoms with E-state index in [0.717, 1.165) is 30.8 Å². The van der Waals surface area contributed by atoms with Gasteiger partial charge in [0.05, 0.1) is 17.7 Å². The lowest BCUT2D eigenvalue weighted by Crippen LogP contribution is -2.23. The molecule has 0 aromatic heterocycles. The molecule has 0 aliphatic carbocycles. The number of nitrogens with zero attached hydrogens (tertiary/aromatic N) is 3. The van der Waals surface area contributed by atoms with E-state index in [1.807, 2.05) is 19.9 Å². The van der Waals surface area contributed by atoms with E-state index in [2.05, 4.69) is 36.5 Å². The minimum Gasteiger partial charge on any atom is -0.307 e. The van der Waals surface area contributed by atoms with Gasteiger partial charge < -0.3 is 4.90 Å². The Hall–Kier alpha value is -1.40. The van der Waals surface area contributed by atoms with Crippen molar-refractivity contribution in [2.75, 3.05) is 20.1 Å². The summed E-state index contributed by atoms with van der Waals surface area (Å²) in [5.41, 5.74) is 1.96. The summed E-state index contributed by atoms with van der Waals surface area (Å²) in [6, 6.07) is 2.32. The third kappa shape index (κ3) is 6.70. The first-order chi connectivity index (χ1) is 8.04. The Balaban J connectivity index is 4.71. The lowest BCUT2D eigenvalue weighted by atomic mass is 9.99. The molecular weight excluding hydrogens is 210 g/mol. The van der Waals surface area contributed by atoms with Gasteiger partial charge in [-0.3, -0.25) is 4.99 Å². The summed E-state index contributed by atoms with van der Waals surface area (Å²) in [4.78, 5) is 6.40. The van der Waals surface area contributed by atoms with Crippen LogP contribution in [0.1, 0.15) is 27.2 Å². The van der Waals surface area contributed by atoms with Gasteiger partial charge in [-0.25, -0.2) is 0 Å². The standard InChI is InChI=1S/C14H23N3/c1-6-16-14(10-12(3)4)13(11-15)8-9-17(5)7-2/h6,10,13H,1,7-9H2,2-5H3. The highest BCUT2D eigenvalue weighted by Crippen LogP contribution is 2.09. The van der Waals surface area contributed by atoms with E-state index < -0.39 is 0 Å². The number of rotatable bonds is 7. The third-order valence-corrected chi connectivity index (χ3v) is 2.53. The summed E-state index contributed by atoms with van der Waals surface area (Å²) in [6.45, 7) is 11.6. The van der Waals surface area contributed by atoms with Gasteiger partial charge in [-0.05, 0) is 46.5 Å². The predicted octanol–water partition coefficient (Wildman–Crippen LogP) is 3.02. The molecule has 0 rings (SSSR count). The quantitative estimate of drug-likeness (QED) is 0.634. The van der Waals surface area contributed by atoms with E-state index in [4.69, 9.17) is 0 Å². The summed E-state index contributed by atoms with van der Waals surface area (Å²) < 4.78 is 0. The van der Waals surface area contributed by atoms with E-state index in [-0.39, 0.29) is 5.92 Å². The molecule has 0 fully saturated rings. The molecule has 94 valence electrons. The van der Waals surface area contributed by atoms with E-state index in [1.165, 1.54) is 6.20 Å². The van der Waals surface area contributed by atoms with Gasteiger partial charge in [0.15, 0.2) is 0 Å². The molecule has 0 radical (unpaired) electrons. The van der Waals surface area contributed by atoms with Gasteiger partial charge in [0.25, 0.3) is 0 Å². The van der Waals surface area contributed by atoms with Crippen LogP contribution in [0.25, 0.3) is 0 Å². The molecule has 1 unspecified atom stereocenters. The number of aliphatic imine (C=N–C) groups is 1. The lowest BCUT2D eigenvalue weighted by molar-refractivity contribution is 0.342. The normalized spacial score (nSPS) is 13.1. The van der Waals surface area contributed by atoms with Gasteiger partial charge in [0, 0.05) is 6.20 Å². The zero-order valence-corrected chi connectivity index (χ0v) is 11.4. The van der Waals surface area contributed by atoms with Crippen LogP contribution in [0, 0.1) is 17.2 Å². The van der Waals surface area contributed by atoms with E-state index in [0.29, 0.717) is 0 Å². The molecule has 0 aromatic carbocycles. The second-order valence-corrected chi connectivity index (χ2v) is 4.32. The third-order valence-electron chi connectivity index (χ3n) is 2.53. The second-order valence-electron chi connectivity index (χ2n) is 4.32. The fourth-order valence-corrected chi connectivity index (χ4v) is 1.42. The minimum absolute atomic E-state index is 0.156. The van der Waals surface area contributed by atoms with Crippen LogP contribution in [0.5, 0.6) is 0 Å². The highest BCUT2D eigenvalue weighted by molar-refractivity contribution is 5.99. The van der Waals surface area contributed by atoms with E-state index >= 15 is 0 Å². The highest BCUT2D eigenvalue weighted by Gasteiger charge is 2.13. The topological polar surface area (TPSA) is 39.4 Å². The van der Waals surface area contributed by atoms with Crippen LogP contribution in [0.4, 0.5) is 0 Å². The van der Waals surface area contributed by atoms with Crippen molar-refractivity contribution in [1.82, 2.24) is 4.90 Å². The molecule has 0 aliphatic rings. The molecule has 0 heterocycles. The average molecular weight is 233 g/mol. The summed E-state index contributed by atoms with van der Waals surface area (Å²) in [6.07, 6.45) is 4.27. The molecule has 0 saturated heterocycles. The van der Waals surface area contributed by atoms with Crippen molar-refractivity contribution in [2.45, 2.75) is 27.2 Å². The smallest absolute Gasteiger partial charge is 0.0896 e. The van der Waals surface area contributed by atoms with Crippen molar-refractivity contribution >= 4 is 5.71 Å². The minimum atomic E-state index is -0.156. The van der Waals surface area contributed by atoms with Gasteiger partial charge in [-0.2, -0.15) is 5.26 Å². The highest BCUT2D eigenvalue weighted by atomic mass is 15.1. The summed E-state index contributed by atoms with van der Waals surface area (Å²) in [7, 11) is 2.06. The Morgan fingerprint density at radius 2 is 2.18 bits per heavy atom. The SMILES string of the molecule is C=CN=C(C=C(C)C)C(C#N)CCN(C)CC. The Kier molecular flexibility index (Phi) is 8.00. The molecule has 3 nitrogen and oxygen atoms in total. The Labute approximate surface area is 105 Å². The van der Waals surface area contributed by atoms with Crippen LogP contribution in [0.2, 0.25) is 0 Å². The van der Waals surface area contributed by atoms with Gasteiger partial charge in [-0.1, -0.05) is 19.1 Å². The molecule has 0 saturated carbocycles. The molecule has 0 amide bonds. The Morgan fingerprint density at radius 1 is 1.53 bits per heavy atom. The van der Waals surface area contributed by atoms with E-state index in [9.17, 15) is 5.26 Å². The van der Waals surface area contributed by atoms with Gasteiger partial charge in [0.1, 0.15) is 0 Å². The van der Waals surface area contributed by atoms with Crippen LogP contribution in [-0.4, -0.2) is 30.7 Å². The van der Waals surface area contributed by atoms with Crippen LogP contribution in [0.15, 0.2) is 29.4 Å². The van der Waals surface area contributed by atoms with Crippen molar-refractivity contribution in [3.8, 4) is 6.07 Å². The predicted molar refractivity (Wildman–Crippen MR) is 74.0 cm³/mol. The van der Waals surface area contributed by atoms with Crippen molar-refractivity contribution in [3.63, 3.8) is 0 Å². The Morgan fingerprint density at radius 3 is 2.59 bits per heavy atom. The number of hydrogen-bond donors (Lipinski definition) is 0. The van der Waals surface area contributed by atoms with Gasteiger partial charge in [-0.15, -0.1) is 0 Å². The first-order valence-corrected chi connectivity index (χ1v) is 5.96. The maximum absolute atomic E-state index is 9.21. The van der Waals surface area contributed by atoms with Crippen molar-refractivity contribution in [3.05, 3.63) is 24.4 Å². The maximum atomic E-state index is 9.21. The number of hydrogen-bond acceptors (Lipinski definition) is 3. The van der Waals surface area contributed by atoms with E-state index in [1.54, 1.807) is 0 Å². The van der Waals surface area contributed by atoms with Crippen LogP contribution < -0.4 is 0 Å². The zero-order valence-electron chi connectivity index (χ0n) is 11.4. The molecule has 17 heavy (non-hydrogen) atoms. The van der Waals surface area contributed by atoms with Crippen LogP contribution >= 0.6 is 0 Å². The van der Waals surface area contributed by atoms with Crippen molar-refractivity contribution < 1.29 is 0 Å². The summed E-state index contributed by atoms with van der Waals surface area (Å²) in [5, 5.41) is 9.21. The van der Waals surface area contributed by atoms with Crippen molar-refractivity contribution in [1.29, 1.82) is 5.26 Å². The molecule has 0 spiro atoms. The Bertz CT molecular complexity index is 330. The van der Waals surface area contributed by atoms with Crippen molar-refractivity contribution in [2.24, 2.45) is 10.9 Å². The largest absolute Gasteiger partial charge is 0.307 e. The average Bonchev–Trinajstić information content (AvgIpc) is 2.28. The first kappa shape index (κ1) is 15.6. The molecule has 0 N–H and O–H groups in total. The summed E-state index contributed by atoms with van der Waals surface area (Å²) >= 11 is 0. The molecular formula is C14H23N3. The molecule has 0 bridgehead atoms. The fourth-order valence-electron chi connectivity index (χ4n) is 1.42. The molecule has 3 heteroatoms. The molecule has 0 aliphatic heterocycles. The number of allylic oxidation sites excluding steroid dienone is 2. The first-order valence-electron chi connectivity index (χ1n) is 5.96. The second kappa shape index (κ2) is 8.72. The fraction of sp³-hybridized carbons (Fsp3) is 0.571. The molecule has 1 atom stereocenters. The number of nitriles is 1. The van der Waals surface area contributed by atoms with Gasteiger partial charge >= 0.3 is 0 Å². The maximum Gasteiger partial charge on any atom is 0.0896 e. The lowest BCUT2D eigenvalue weighted by Gasteiger charge is -2.16. The summed E-state index contributed by atoms with van der Waals surface area (Å²) in [5.74, 6) is -0.156. The van der Waals surface area contributed by atoms with Crippen LogP contribution in [0.3, 0.4) is 0 Å². The molecule has 0 aromatic rings. The van der Waals surface area contributed by atoms with Gasteiger partial charge in [0.2, 0.25) is 0 Å². The van der Waals surface area contributed by atoms with Crippen LogP contribution in [-0.2, 0) is 0 Å². The zero-order chi connectivity index (χ0) is 13.3. The monoisotopic (exact) mass is 233 g/mol.